The summed E-state index contributed by atoms with van der Waals surface area (Å²) in [6.07, 6.45) is 2.10. The van der Waals surface area contributed by atoms with Crippen LogP contribution in [-0.2, 0) is 4.79 Å². The molecular formula is C13H16N2O2S. The Kier molecular flexibility index (Phi) is 3.91. The van der Waals surface area contributed by atoms with Gasteiger partial charge in [-0.15, -0.1) is 12.6 Å². The lowest BCUT2D eigenvalue weighted by Crippen LogP contribution is -2.39. The van der Waals surface area contributed by atoms with E-state index in [1.165, 1.54) is 4.90 Å². The first-order valence-corrected chi connectivity index (χ1v) is 6.35. The van der Waals surface area contributed by atoms with Crippen LogP contribution < -0.4 is 5.32 Å². The molecule has 0 heterocycles. The standard InChI is InChI=1S/C13H16N2O2S/c1-15(8-12(16)14-10-4-5-10)13(17)9-2-6-11(18)7-3-9/h2-3,6-7,10,18H,4-5,8H2,1H3,(H,14,16). The average molecular weight is 264 g/mol. The first kappa shape index (κ1) is 13.0. The second-order valence-electron chi connectivity index (χ2n) is 4.55. The van der Waals surface area contributed by atoms with Crippen molar-refractivity contribution in [2.75, 3.05) is 13.6 Å². The predicted octanol–water partition coefficient (Wildman–Crippen LogP) is 1.33. The van der Waals surface area contributed by atoms with Gasteiger partial charge in [0.05, 0.1) is 6.54 Å². The van der Waals surface area contributed by atoms with Gasteiger partial charge in [0.15, 0.2) is 0 Å². The van der Waals surface area contributed by atoms with E-state index in [0.29, 0.717) is 11.6 Å². The quantitative estimate of drug-likeness (QED) is 0.806. The summed E-state index contributed by atoms with van der Waals surface area (Å²) in [5.41, 5.74) is 0.564. The number of nitrogens with one attached hydrogen (secondary N) is 1. The monoisotopic (exact) mass is 264 g/mol. The number of benzene rings is 1. The van der Waals surface area contributed by atoms with Crippen molar-refractivity contribution in [2.45, 2.75) is 23.8 Å². The topological polar surface area (TPSA) is 49.4 Å². The molecule has 0 atom stereocenters. The molecule has 1 aromatic carbocycles. The van der Waals surface area contributed by atoms with Crippen LogP contribution in [0.1, 0.15) is 23.2 Å². The molecule has 1 aromatic rings. The molecule has 0 radical (unpaired) electrons. The van der Waals surface area contributed by atoms with Crippen LogP contribution in [0.4, 0.5) is 0 Å². The largest absolute Gasteiger partial charge is 0.352 e. The number of carbonyl (C=O) groups excluding carboxylic acids is 2. The Morgan fingerprint density at radius 3 is 2.50 bits per heavy atom. The molecule has 1 fully saturated rings. The zero-order valence-corrected chi connectivity index (χ0v) is 11.1. The summed E-state index contributed by atoms with van der Waals surface area (Å²) in [6.45, 7) is 0.0952. The van der Waals surface area contributed by atoms with E-state index >= 15 is 0 Å². The third-order valence-corrected chi connectivity index (χ3v) is 3.08. The number of likely N-dealkylation sites (N-methyl/N-ethyl adjacent to an activating group) is 1. The number of thiol groups is 1. The van der Waals surface area contributed by atoms with Crippen molar-refractivity contribution in [3.8, 4) is 0 Å². The first-order chi connectivity index (χ1) is 8.56. The third-order valence-electron chi connectivity index (χ3n) is 2.78. The Labute approximate surface area is 112 Å². The summed E-state index contributed by atoms with van der Waals surface area (Å²) < 4.78 is 0. The van der Waals surface area contributed by atoms with Gasteiger partial charge in [-0.05, 0) is 37.1 Å². The third kappa shape index (κ3) is 3.50. The Hall–Kier alpha value is -1.49. The van der Waals surface area contributed by atoms with Crippen LogP contribution in [0.25, 0.3) is 0 Å². The number of rotatable bonds is 4. The second kappa shape index (κ2) is 5.44. The van der Waals surface area contributed by atoms with Crippen molar-refractivity contribution in [3.63, 3.8) is 0 Å². The molecule has 1 aliphatic rings. The van der Waals surface area contributed by atoms with Crippen LogP contribution >= 0.6 is 12.6 Å². The van der Waals surface area contributed by atoms with Crippen LogP contribution in [0.5, 0.6) is 0 Å². The molecule has 18 heavy (non-hydrogen) atoms. The minimum atomic E-state index is -0.158. The summed E-state index contributed by atoms with van der Waals surface area (Å²) in [5, 5.41) is 2.86. The van der Waals surface area contributed by atoms with Gasteiger partial charge in [-0.2, -0.15) is 0 Å². The minimum Gasteiger partial charge on any atom is -0.352 e. The Bertz CT molecular complexity index is 455. The smallest absolute Gasteiger partial charge is 0.254 e. The zero-order valence-electron chi connectivity index (χ0n) is 10.2. The highest BCUT2D eigenvalue weighted by molar-refractivity contribution is 7.80. The Morgan fingerprint density at radius 1 is 1.33 bits per heavy atom. The van der Waals surface area contributed by atoms with Crippen molar-refractivity contribution in [1.82, 2.24) is 10.2 Å². The maximum absolute atomic E-state index is 12.0. The molecule has 5 heteroatoms. The first-order valence-electron chi connectivity index (χ1n) is 5.90. The number of carbonyl (C=O) groups is 2. The van der Waals surface area contributed by atoms with E-state index < -0.39 is 0 Å². The number of amides is 2. The summed E-state index contributed by atoms with van der Waals surface area (Å²) in [6, 6.07) is 7.26. The van der Waals surface area contributed by atoms with E-state index in [9.17, 15) is 9.59 Å². The molecule has 0 bridgehead atoms. The van der Waals surface area contributed by atoms with Gasteiger partial charge in [-0.1, -0.05) is 0 Å². The van der Waals surface area contributed by atoms with Crippen LogP contribution in [0, 0.1) is 0 Å². The van der Waals surface area contributed by atoms with Crippen LogP contribution in [-0.4, -0.2) is 36.3 Å². The van der Waals surface area contributed by atoms with E-state index in [1.54, 1.807) is 31.3 Å². The van der Waals surface area contributed by atoms with Gasteiger partial charge in [-0.25, -0.2) is 0 Å². The predicted molar refractivity (Wildman–Crippen MR) is 71.8 cm³/mol. The second-order valence-corrected chi connectivity index (χ2v) is 5.07. The summed E-state index contributed by atoms with van der Waals surface area (Å²) in [5.74, 6) is -0.256. The van der Waals surface area contributed by atoms with Crippen molar-refractivity contribution >= 4 is 24.4 Å². The van der Waals surface area contributed by atoms with Gasteiger partial charge >= 0.3 is 0 Å². The van der Waals surface area contributed by atoms with E-state index in [0.717, 1.165) is 17.7 Å². The number of hydrogen-bond donors (Lipinski definition) is 2. The van der Waals surface area contributed by atoms with Crippen molar-refractivity contribution in [2.24, 2.45) is 0 Å². The van der Waals surface area contributed by atoms with Crippen molar-refractivity contribution in [3.05, 3.63) is 29.8 Å². The lowest BCUT2D eigenvalue weighted by molar-refractivity contribution is -0.121. The SMILES string of the molecule is CN(CC(=O)NC1CC1)C(=O)c1ccc(S)cc1. The average Bonchev–Trinajstić information content (AvgIpc) is 3.12. The summed E-state index contributed by atoms with van der Waals surface area (Å²) >= 11 is 4.16. The molecule has 0 spiro atoms. The minimum absolute atomic E-state index is 0.0952. The lowest BCUT2D eigenvalue weighted by atomic mass is 10.2. The van der Waals surface area contributed by atoms with E-state index in [1.807, 2.05) is 0 Å². The molecule has 0 aliphatic heterocycles. The molecule has 0 aromatic heterocycles. The fourth-order valence-corrected chi connectivity index (χ4v) is 1.76. The van der Waals surface area contributed by atoms with Crippen molar-refractivity contribution in [1.29, 1.82) is 0 Å². The van der Waals surface area contributed by atoms with Crippen molar-refractivity contribution < 1.29 is 9.59 Å². The highest BCUT2D eigenvalue weighted by Crippen LogP contribution is 2.18. The van der Waals surface area contributed by atoms with Crippen LogP contribution in [0.2, 0.25) is 0 Å². The van der Waals surface area contributed by atoms with Gasteiger partial charge in [0, 0.05) is 23.5 Å². The molecule has 0 unspecified atom stereocenters. The molecule has 96 valence electrons. The van der Waals surface area contributed by atoms with E-state index in [-0.39, 0.29) is 18.4 Å². The van der Waals surface area contributed by atoms with E-state index in [4.69, 9.17) is 0 Å². The molecular weight excluding hydrogens is 248 g/mol. The van der Waals surface area contributed by atoms with Gasteiger partial charge in [0.25, 0.3) is 5.91 Å². The molecule has 4 nitrogen and oxygen atoms in total. The van der Waals surface area contributed by atoms with Gasteiger partial charge < -0.3 is 10.2 Å². The molecule has 1 saturated carbocycles. The van der Waals surface area contributed by atoms with E-state index in [2.05, 4.69) is 17.9 Å². The molecule has 2 amide bonds. The highest BCUT2D eigenvalue weighted by atomic mass is 32.1. The maximum atomic E-state index is 12.0. The number of hydrogen-bond acceptors (Lipinski definition) is 3. The fraction of sp³-hybridized carbons (Fsp3) is 0.385. The molecule has 2 rings (SSSR count). The Balaban J connectivity index is 1.90. The summed E-state index contributed by atoms with van der Waals surface area (Å²) in [7, 11) is 1.63. The molecule has 1 aliphatic carbocycles. The fourth-order valence-electron chi connectivity index (χ4n) is 1.61. The van der Waals surface area contributed by atoms with Gasteiger partial charge in [0.1, 0.15) is 0 Å². The maximum Gasteiger partial charge on any atom is 0.254 e. The zero-order chi connectivity index (χ0) is 13.1. The lowest BCUT2D eigenvalue weighted by Gasteiger charge is -2.16. The Morgan fingerprint density at radius 2 is 1.94 bits per heavy atom. The highest BCUT2D eigenvalue weighted by Gasteiger charge is 2.24. The van der Waals surface area contributed by atoms with Gasteiger partial charge in [0.2, 0.25) is 5.91 Å². The van der Waals surface area contributed by atoms with Crippen LogP contribution in [0.15, 0.2) is 29.2 Å². The number of nitrogens with zero attached hydrogens (tertiary/aromatic N) is 1. The van der Waals surface area contributed by atoms with Gasteiger partial charge in [-0.3, -0.25) is 9.59 Å². The normalized spacial score (nSPS) is 14.1. The van der Waals surface area contributed by atoms with Crippen LogP contribution in [0.3, 0.4) is 0 Å². The molecule has 1 N–H and O–H groups in total. The molecule has 0 saturated heterocycles. The summed E-state index contributed by atoms with van der Waals surface area (Å²) in [4.78, 5) is 25.8.